The van der Waals surface area contributed by atoms with Gasteiger partial charge in [0, 0.05) is 13.2 Å². The van der Waals surface area contributed by atoms with E-state index in [4.69, 9.17) is 5.26 Å². The molecule has 5 nitrogen and oxygen atoms in total. The van der Waals surface area contributed by atoms with E-state index < -0.39 is 0 Å². The summed E-state index contributed by atoms with van der Waals surface area (Å²) in [5.41, 5.74) is 1.01. The van der Waals surface area contributed by atoms with Gasteiger partial charge in [-0.3, -0.25) is 9.69 Å². The van der Waals surface area contributed by atoms with Gasteiger partial charge < -0.3 is 10.4 Å². The molecule has 1 amide bonds. The molecule has 1 aromatic rings. The minimum absolute atomic E-state index is 0.115. The van der Waals surface area contributed by atoms with Crippen LogP contribution in [0.5, 0.6) is 0 Å². The second-order valence-electron chi connectivity index (χ2n) is 5.51. The lowest BCUT2D eigenvalue weighted by Gasteiger charge is -2.35. The molecule has 2 rings (SSSR count). The second-order valence-corrected chi connectivity index (χ2v) is 5.51. The van der Waals surface area contributed by atoms with Crippen LogP contribution in [-0.4, -0.2) is 41.7 Å². The highest BCUT2D eigenvalue weighted by Gasteiger charge is 2.27. The molecule has 0 radical (unpaired) electrons. The third-order valence-corrected chi connectivity index (χ3v) is 4.04. The van der Waals surface area contributed by atoms with Gasteiger partial charge in [-0.25, -0.2) is 0 Å². The van der Waals surface area contributed by atoms with Crippen LogP contribution in [0.2, 0.25) is 0 Å². The van der Waals surface area contributed by atoms with E-state index in [2.05, 4.69) is 16.3 Å². The maximum atomic E-state index is 12.4. The topological polar surface area (TPSA) is 76.4 Å². The van der Waals surface area contributed by atoms with Crippen molar-refractivity contribution in [3.05, 3.63) is 29.8 Å². The van der Waals surface area contributed by atoms with Crippen molar-refractivity contribution < 1.29 is 9.90 Å². The minimum Gasteiger partial charge on any atom is -0.396 e. The number of benzene rings is 1. The Hall–Kier alpha value is -1.90. The lowest BCUT2D eigenvalue weighted by molar-refractivity contribution is -0.121. The van der Waals surface area contributed by atoms with Crippen LogP contribution in [-0.2, 0) is 4.79 Å². The average Bonchev–Trinajstić information content (AvgIpc) is 2.54. The fourth-order valence-corrected chi connectivity index (χ4v) is 2.69. The van der Waals surface area contributed by atoms with Crippen molar-refractivity contribution in [2.45, 2.75) is 25.8 Å². The van der Waals surface area contributed by atoms with Gasteiger partial charge in [0.1, 0.15) is 6.07 Å². The van der Waals surface area contributed by atoms with Gasteiger partial charge in [-0.15, -0.1) is 0 Å². The molecule has 0 aliphatic carbocycles. The van der Waals surface area contributed by atoms with Crippen molar-refractivity contribution >= 4 is 11.6 Å². The number of likely N-dealkylation sites (tertiary alicyclic amines) is 1. The number of hydrogen-bond acceptors (Lipinski definition) is 4. The van der Waals surface area contributed by atoms with Crippen molar-refractivity contribution in [3.8, 4) is 6.07 Å². The predicted molar refractivity (Wildman–Crippen MR) is 80.6 cm³/mol. The number of nitrogens with one attached hydrogen (secondary N) is 1. The maximum absolute atomic E-state index is 12.4. The molecule has 0 bridgehead atoms. The first-order valence-electron chi connectivity index (χ1n) is 7.30. The van der Waals surface area contributed by atoms with Gasteiger partial charge in [-0.1, -0.05) is 12.1 Å². The monoisotopic (exact) mass is 287 g/mol. The van der Waals surface area contributed by atoms with Crippen LogP contribution in [0.3, 0.4) is 0 Å². The van der Waals surface area contributed by atoms with E-state index in [1.54, 1.807) is 24.3 Å². The Labute approximate surface area is 125 Å². The molecule has 5 heteroatoms. The predicted octanol–water partition coefficient (Wildman–Crippen LogP) is 1.59. The zero-order valence-corrected chi connectivity index (χ0v) is 12.2. The molecular formula is C16H21N3O2. The molecule has 0 aromatic heterocycles. The van der Waals surface area contributed by atoms with E-state index in [1.165, 1.54) is 0 Å². The van der Waals surface area contributed by atoms with Gasteiger partial charge in [-0.05, 0) is 44.4 Å². The zero-order chi connectivity index (χ0) is 15.2. The summed E-state index contributed by atoms with van der Waals surface area (Å²) in [6.45, 7) is 3.64. The number of hydrogen-bond donors (Lipinski definition) is 2. The van der Waals surface area contributed by atoms with Crippen LogP contribution in [0.1, 0.15) is 25.3 Å². The van der Waals surface area contributed by atoms with E-state index in [9.17, 15) is 9.90 Å². The summed E-state index contributed by atoms with van der Waals surface area (Å²) >= 11 is 0. The van der Waals surface area contributed by atoms with Gasteiger partial charge in [0.05, 0.1) is 17.3 Å². The zero-order valence-electron chi connectivity index (χ0n) is 12.2. The molecule has 1 saturated heterocycles. The molecule has 1 aliphatic rings. The van der Waals surface area contributed by atoms with Crippen LogP contribution < -0.4 is 5.32 Å². The lowest BCUT2D eigenvalue weighted by atomic mass is 9.97. The van der Waals surface area contributed by atoms with Crippen LogP contribution >= 0.6 is 0 Å². The quantitative estimate of drug-likeness (QED) is 0.881. The number of rotatable bonds is 4. The van der Waals surface area contributed by atoms with Gasteiger partial charge >= 0.3 is 0 Å². The summed E-state index contributed by atoms with van der Waals surface area (Å²) in [5, 5.41) is 21.1. The largest absolute Gasteiger partial charge is 0.396 e. The van der Waals surface area contributed by atoms with E-state index in [0.29, 0.717) is 11.3 Å². The first-order valence-corrected chi connectivity index (χ1v) is 7.30. The van der Waals surface area contributed by atoms with Crippen LogP contribution in [0.4, 0.5) is 5.69 Å². The van der Waals surface area contributed by atoms with Crippen molar-refractivity contribution in [2.24, 2.45) is 5.92 Å². The van der Waals surface area contributed by atoms with Gasteiger partial charge in [0.15, 0.2) is 0 Å². The van der Waals surface area contributed by atoms with E-state index in [0.717, 1.165) is 25.9 Å². The molecule has 2 N–H and O–H groups in total. The summed E-state index contributed by atoms with van der Waals surface area (Å²) in [6.07, 6.45) is 2.01. The van der Waals surface area contributed by atoms with Crippen LogP contribution in [0.15, 0.2) is 24.3 Å². The highest BCUT2D eigenvalue weighted by molar-refractivity contribution is 5.95. The van der Waals surface area contributed by atoms with E-state index >= 15 is 0 Å². The number of aliphatic hydroxyl groups is 1. The number of nitriles is 1. The molecule has 2 atom stereocenters. The first-order chi connectivity index (χ1) is 10.2. The number of carbonyl (C=O) groups is 1. The molecular weight excluding hydrogens is 266 g/mol. The molecule has 1 heterocycles. The molecule has 1 fully saturated rings. The number of piperidine rings is 1. The van der Waals surface area contributed by atoms with Gasteiger partial charge in [-0.2, -0.15) is 5.26 Å². The van der Waals surface area contributed by atoms with Crippen molar-refractivity contribution in [2.75, 3.05) is 25.0 Å². The maximum Gasteiger partial charge on any atom is 0.241 e. The molecule has 1 aliphatic heterocycles. The standard InChI is InChI=1S/C16H21N3O2/c1-12(19-8-4-5-13(10-19)11-20)16(21)18-15-7-3-2-6-14(15)9-17/h2-3,6-7,12-13,20H,4-5,8,10-11H2,1H3,(H,18,21). The number of anilines is 1. The fourth-order valence-electron chi connectivity index (χ4n) is 2.69. The third kappa shape index (κ3) is 3.81. The van der Waals surface area contributed by atoms with Crippen LogP contribution in [0, 0.1) is 17.2 Å². The highest BCUT2D eigenvalue weighted by Crippen LogP contribution is 2.19. The molecule has 112 valence electrons. The molecule has 0 saturated carbocycles. The summed E-state index contributed by atoms with van der Waals surface area (Å²) in [5.74, 6) is 0.136. The average molecular weight is 287 g/mol. The summed E-state index contributed by atoms with van der Waals surface area (Å²) < 4.78 is 0. The second kappa shape index (κ2) is 7.21. The molecule has 0 spiro atoms. The molecule has 1 aromatic carbocycles. The number of para-hydroxylation sites is 1. The Morgan fingerprint density at radius 1 is 1.57 bits per heavy atom. The Bertz CT molecular complexity index is 539. The number of aliphatic hydroxyl groups excluding tert-OH is 1. The Kier molecular flexibility index (Phi) is 5.32. The molecule has 21 heavy (non-hydrogen) atoms. The van der Waals surface area contributed by atoms with E-state index in [-0.39, 0.29) is 24.5 Å². The lowest BCUT2D eigenvalue weighted by Crippen LogP contribution is -2.47. The summed E-state index contributed by atoms with van der Waals surface area (Å²) in [7, 11) is 0. The van der Waals surface area contributed by atoms with Crippen molar-refractivity contribution in [1.29, 1.82) is 5.26 Å². The first kappa shape index (κ1) is 15.5. The third-order valence-electron chi connectivity index (χ3n) is 4.04. The number of amides is 1. The Morgan fingerprint density at radius 3 is 3.05 bits per heavy atom. The number of carbonyl (C=O) groups excluding carboxylic acids is 1. The molecule has 2 unspecified atom stereocenters. The minimum atomic E-state index is -0.272. The van der Waals surface area contributed by atoms with Gasteiger partial charge in [0.2, 0.25) is 5.91 Å². The number of nitrogens with zero attached hydrogens (tertiary/aromatic N) is 2. The SMILES string of the molecule is CC(C(=O)Nc1ccccc1C#N)N1CCCC(CO)C1. The van der Waals surface area contributed by atoms with Crippen molar-refractivity contribution in [3.63, 3.8) is 0 Å². The Balaban J connectivity index is 2.01. The smallest absolute Gasteiger partial charge is 0.241 e. The van der Waals surface area contributed by atoms with Crippen LogP contribution in [0.25, 0.3) is 0 Å². The summed E-state index contributed by atoms with van der Waals surface area (Å²) in [6, 6.07) is 8.79. The summed E-state index contributed by atoms with van der Waals surface area (Å²) in [4.78, 5) is 14.4. The van der Waals surface area contributed by atoms with E-state index in [1.807, 2.05) is 6.92 Å². The van der Waals surface area contributed by atoms with Crippen molar-refractivity contribution in [1.82, 2.24) is 4.90 Å². The Morgan fingerprint density at radius 2 is 2.33 bits per heavy atom. The van der Waals surface area contributed by atoms with Gasteiger partial charge in [0.25, 0.3) is 0 Å². The highest BCUT2D eigenvalue weighted by atomic mass is 16.3. The normalized spacial score (nSPS) is 20.5. The fraction of sp³-hybridized carbons (Fsp3) is 0.500.